The number of benzene rings is 1. The molecule has 9 heteroatoms. The first kappa shape index (κ1) is 22.2. The van der Waals surface area contributed by atoms with Gasteiger partial charge in [0.05, 0.1) is 23.4 Å². The number of pyridine rings is 1. The Bertz CT molecular complexity index is 1260. The molecule has 0 aliphatic rings. The zero-order valence-corrected chi connectivity index (χ0v) is 18.2. The van der Waals surface area contributed by atoms with E-state index in [1.165, 1.54) is 18.4 Å². The highest BCUT2D eigenvalue weighted by atomic mass is 19.1. The van der Waals surface area contributed by atoms with Gasteiger partial charge >= 0.3 is 5.97 Å². The third-order valence-corrected chi connectivity index (χ3v) is 5.03. The number of nitrogens with one attached hydrogen (secondary N) is 1. The normalized spacial score (nSPS) is 11.2. The molecule has 0 unspecified atom stereocenters. The van der Waals surface area contributed by atoms with Gasteiger partial charge in [-0.3, -0.25) is 4.79 Å². The summed E-state index contributed by atoms with van der Waals surface area (Å²) < 4.78 is 25.4. The number of aromatic nitrogens is 3. The van der Waals surface area contributed by atoms with E-state index in [0.717, 1.165) is 5.56 Å². The van der Waals surface area contributed by atoms with Gasteiger partial charge in [0.2, 0.25) is 0 Å². The zero-order valence-electron chi connectivity index (χ0n) is 18.2. The van der Waals surface area contributed by atoms with Crippen molar-refractivity contribution in [3.8, 4) is 11.5 Å². The van der Waals surface area contributed by atoms with Crippen LogP contribution in [0.4, 0.5) is 4.39 Å². The first-order chi connectivity index (χ1) is 15.9. The molecule has 0 spiro atoms. The van der Waals surface area contributed by atoms with E-state index in [0.29, 0.717) is 35.5 Å². The Labute approximate surface area is 189 Å². The smallest absolute Gasteiger partial charge is 0.339 e. The Balaban J connectivity index is 1.45. The number of fused-ring (bicyclic) bond motifs is 1. The van der Waals surface area contributed by atoms with Gasteiger partial charge in [-0.15, -0.1) is 0 Å². The minimum Gasteiger partial charge on any atom is -0.463 e. The van der Waals surface area contributed by atoms with Crippen molar-refractivity contribution in [1.29, 1.82) is 0 Å². The average Bonchev–Trinajstić information content (AvgIpc) is 3.48. The van der Waals surface area contributed by atoms with Crippen LogP contribution in [0.15, 0.2) is 59.3 Å². The number of furan rings is 1. The molecule has 0 bridgehead atoms. The molecule has 0 atom stereocenters. The summed E-state index contributed by atoms with van der Waals surface area (Å²) in [5.74, 6) is -0.901. The highest BCUT2D eigenvalue weighted by molar-refractivity contribution is 6.04. The highest BCUT2D eigenvalue weighted by Crippen LogP contribution is 2.27. The van der Waals surface area contributed by atoms with E-state index >= 15 is 0 Å². The molecule has 33 heavy (non-hydrogen) atoms. The molecule has 1 amide bonds. The first-order valence-electron chi connectivity index (χ1n) is 10.5. The number of halogens is 1. The van der Waals surface area contributed by atoms with Gasteiger partial charge in [0, 0.05) is 12.6 Å². The third kappa shape index (κ3) is 5.08. The van der Waals surface area contributed by atoms with Gasteiger partial charge < -0.3 is 14.5 Å². The second-order valence-corrected chi connectivity index (χ2v) is 7.76. The number of amides is 1. The maximum Gasteiger partial charge on any atom is 0.339 e. The molecule has 0 saturated carbocycles. The van der Waals surface area contributed by atoms with Crippen molar-refractivity contribution in [2.45, 2.75) is 26.3 Å². The Hall–Kier alpha value is -4.01. The van der Waals surface area contributed by atoms with E-state index in [-0.39, 0.29) is 17.4 Å². The van der Waals surface area contributed by atoms with E-state index in [1.54, 1.807) is 41.2 Å². The van der Waals surface area contributed by atoms with E-state index in [1.807, 2.05) is 13.8 Å². The van der Waals surface area contributed by atoms with Crippen LogP contribution in [-0.4, -0.2) is 39.8 Å². The Morgan fingerprint density at radius 1 is 1.21 bits per heavy atom. The summed E-state index contributed by atoms with van der Waals surface area (Å²) in [6.45, 7) is 3.83. The number of esters is 1. The van der Waals surface area contributed by atoms with Crippen LogP contribution in [0, 0.1) is 5.82 Å². The van der Waals surface area contributed by atoms with Crippen molar-refractivity contribution in [3.63, 3.8) is 0 Å². The number of carbonyl (C=O) groups is 2. The molecule has 4 rings (SSSR count). The van der Waals surface area contributed by atoms with Crippen LogP contribution in [0.3, 0.4) is 0 Å². The monoisotopic (exact) mass is 450 g/mol. The van der Waals surface area contributed by atoms with Gasteiger partial charge in [-0.05, 0) is 56.2 Å². The van der Waals surface area contributed by atoms with Gasteiger partial charge in [0.1, 0.15) is 11.5 Å². The molecule has 1 N–H and O–H groups in total. The van der Waals surface area contributed by atoms with Gasteiger partial charge in [0.15, 0.2) is 18.0 Å². The second-order valence-electron chi connectivity index (χ2n) is 7.76. The van der Waals surface area contributed by atoms with Gasteiger partial charge in [-0.2, -0.15) is 5.10 Å². The minimum atomic E-state index is -0.660. The Morgan fingerprint density at radius 2 is 2.00 bits per heavy atom. The van der Waals surface area contributed by atoms with Crippen LogP contribution in [0.2, 0.25) is 0 Å². The molecule has 4 aromatic rings. The third-order valence-electron chi connectivity index (χ3n) is 5.03. The predicted molar refractivity (Wildman–Crippen MR) is 119 cm³/mol. The summed E-state index contributed by atoms with van der Waals surface area (Å²) in [4.78, 5) is 29.6. The van der Waals surface area contributed by atoms with Crippen LogP contribution in [0.1, 0.15) is 35.8 Å². The number of nitrogens with zero attached hydrogens (tertiary/aromatic N) is 3. The van der Waals surface area contributed by atoms with Crippen LogP contribution >= 0.6 is 0 Å². The van der Waals surface area contributed by atoms with Crippen molar-refractivity contribution < 1.29 is 23.1 Å². The molecule has 3 heterocycles. The fourth-order valence-corrected chi connectivity index (χ4v) is 3.37. The SMILES string of the molecule is CC(C)n1ncc2c(C(=O)OCC(=O)NCCc3ccc(F)cc3)cc(-c3ccco3)nc21. The average molecular weight is 450 g/mol. The fraction of sp³-hybridized carbons (Fsp3) is 0.250. The van der Waals surface area contributed by atoms with Gasteiger partial charge in [-0.25, -0.2) is 18.9 Å². The fourth-order valence-electron chi connectivity index (χ4n) is 3.37. The molecular weight excluding hydrogens is 427 g/mol. The van der Waals surface area contributed by atoms with Crippen molar-refractivity contribution >= 4 is 22.9 Å². The van der Waals surface area contributed by atoms with E-state index in [4.69, 9.17) is 9.15 Å². The lowest BCUT2D eigenvalue weighted by molar-refractivity contribution is -0.124. The summed E-state index contributed by atoms with van der Waals surface area (Å²) in [6.07, 6.45) is 3.62. The lowest BCUT2D eigenvalue weighted by Crippen LogP contribution is -2.30. The minimum absolute atomic E-state index is 0.0256. The van der Waals surface area contributed by atoms with Crippen LogP contribution in [-0.2, 0) is 16.0 Å². The number of hydrogen-bond donors (Lipinski definition) is 1. The lowest BCUT2D eigenvalue weighted by atomic mass is 10.1. The standard InChI is InChI=1S/C24H23FN4O4/c1-15(2)29-23-19(13-27-29)18(12-20(28-23)21-4-3-11-32-21)24(31)33-14-22(30)26-10-9-16-5-7-17(25)8-6-16/h3-8,11-13,15H,9-10,14H2,1-2H3,(H,26,30). The van der Waals surface area contributed by atoms with Crippen molar-refractivity contribution in [3.05, 3.63) is 71.9 Å². The maximum absolute atomic E-state index is 13.0. The summed E-state index contributed by atoms with van der Waals surface area (Å²) in [7, 11) is 0. The molecule has 8 nitrogen and oxygen atoms in total. The Kier molecular flexibility index (Phi) is 6.48. The van der Waals surface area contributed by atoms with Crippen LogP contribution < -0.4 is 5.32 Å². The van der Waals surface area contributed by atoms with Crippen molar-refractivity contribution in [2.24, 2.45) is 0 Å². The highest BCUT2D eigenvalue weighted by Gasteiger charge is 2.21. The second kappa shape index (κ2) is 9.64. The first-order valence-corrected chi connectivity index (χ1v) is 10.5. The van der Waals surface area contributed by atoms with E-state index < -0.39 is 18.5 Å². The van der Waals surface area contributed by atoms with Gasteiger partial charge in [-0.1, -0.05) is 12.1 Å². The summed E-state index contributed by atoms with van der Waals surface area (Å²) in [5.41, 5.74) is 2.12. The molecule has 0 saturated heterocycles. The lowest BCUT2D eigenvalue weighted by Gasteiger charge is -2.10. The largest absolute Gasteiger partial charge is 0.463 e. The number of carbonyl (C=O) groups excluding carboxylic acids is 2. The number of hydrogen-bond acceptors (Lipinski definition) is 6. The zero-order chi connectivity index (χ0) is 23.4. The molecule has 0 fully saturated rings. The molecule has 0 aliphatic carbocycles. The summed E-state index contributed by atoms with van der Waals surface area (Å²) >= 11 is 0. The molecule has 170 valence electrons. The Morgan fingerprint density at radius 3 is 2.70 bits per heavy atom. The number of ether oxygens (including phenoxy) is 1. The van der Waals surface area contributed by atoms with Crippen LogP contribution in [0.25, 0.3) is 22.5 Å². The van der Waals surface area contributed by atoms with Crippen molar-refractivity contribution in [2.75, 3.05) is 13.2 Å². The van der Waals surface area contributed by atoms with Gasteiger partial charge in [0.25, 0.3) is 5.91 Å². The van der Waals surface area contributed by atoms with E-state index in [9.17, 15) is 14.0 Å². The molecule has 0 radical (unpaired) electrons. The molecular formula is C24H23FN4O4. The topological polar surface area (TPSA) is 99.2 Å². The quantitative estimate of drug-likeness (QED) is 0.409. The van der Waals surface area contributed by atoms with E-state index in [2.05, 4.69) is 15.4 Å². The summed E-state index contributed by atoms with van der Waals surface area (Å²) in [5, 5.41) is 7.56. The number of rotatable bonds is 8. The maximum atomic E-state index is 13.0. The molecule has 1 aromatic carbocycles. The van der Waals surface area contributed by atoms with Crippen molar-refractivity contribution in [1.82, 2.24) is 20.1 Å². The summed E-state index contributed by atoms with van der Waals surface area (Å²) in [6, 6.07) is 11.1. The van der Waals surface area contributed by atoms with Crippen LogP contribution in [0.5, 0.6) is 0 Å². The molecule has 3 aromatic heterocycles. The molecule has 0 aliphatic heterocycles. The predicted octanol–water partition coefficient (Wildman–Crippen LogP) is 3.93.